The van der Waals surface area contributed by atoms with Crippen LogP contribution >= 0.6 is 0 Å². The standard InChI is InChI=1S/C76H123N17O16/c1-11-45(8)63(92-74(106)60(38-49-39-82-52-22-13-12-21-51(49)52)90-69(101)55(24-15-18-32-78)86-75(107)61(41-94)91-73(105)57(35-42(2)3)87-66(98)46(9)80)76(108)83-40-62(96)109-50-29-27-48(28-30-50)65(97)64(47(10)95)93-70(102)56(25-16-19-33-79)85-71(103)58(36-43(4)5)89-72(104)59(37-44(6)7)88-68(100)54(23-14-17-31-77)84-67(99)53-26-20-34-81-53/h12-13,21-22,27-30,39,42-47,53-61,63-64,81-82,94-95H,11,14-20,23-26,31-38,40-41,77-80H2,1-10H3,(H,83,108)(H,84,99)(H,85,103)(H,86,107)(H,87,98)(H,88,100)(H,89,104)(H,90,101)(H,91,105)(H,92,106)(H,93,102)/t45-,46-,47+,53-,54-,55-,56-,57-,58-,59-,60-,61-,63-,64-/m0/s1. The molecule has 0 saturated carbocycles. The van der Waals surface area contributed by atoms with Crippen LogP contribution in [0.1, 0.15) is 181 Å². The second kappa shape index (κ2) is 47.8. The van der Waals surface area contributed by atoms with Gasteiger partial charge in [0.2, 0.25) is 65.0 Å². The molecule has 1 aliphatic heterocycles. The smallest absolute Gasteiger partial charge is 0.330 e. The Morgan fingerprint density at radius 1 is 0.514 bits per heavy atom. The predicted molar refractivity (Wildman–Crippen MR) is 411 cm³/mol. The van der Waals surface area contributed by atoms with E-state index in [1.807, 2.05) is 59.7 Å². The highest BCUT2D eigenvalue weighted by atomic mass is 16.5. The molecular formula is C76H123N17O16. The summed E-state index contributed by atoms with van der Waals surface area (Å²) in [4.78, 5) is 184. The van der Waals surface area contributed by atoms with E-state index < -0.39 is 168 Å². The number of carbonyl (C=O) groups is 13. The third-order valence-electron chi connectivity index (χ3n) is 18.7. The highest BCUT2D eigenvalue weighted by Gasteiger charge is 2.38. The molecule has 1 saturated heterocycles. The third kappa shape index (κ3) is 31.5. The number of ketones is 1. The van der Waals surface area contributed by atoms with Gasteiger partial charge in [-0.3, -0.25) is 57.5 Å². The zero-order valence-corrected chi connectivity index (χ0v) is 65.0. The van der Waals surface area contributed by atoms with Gasteiger partial charge in [0, 0.05) is 29.1 Å². The number of hydrogen-bond donors (Lipinski definition) is 19. The molecule has 3 aromatic rings. The quantitative estimate of drug-likeness (QED) is 0.0147. The van der Waals surface area contributed by atoms with Gasteiger partial charge in [0.25, 0.3) is 0 Å². The van der Waals surface area contributed by atoms with E-state index in [-0.39, 0.29) is 93.0 Å². The molecule has 33 nitrogen and oxygen atoms in total. The first-order chi connectivity index (χ1) is 51.7. The number of H-pyrrole nitrogens is 1. The topological polar surface area (TPSA) is 536 Å². The van der Waals surface area contributed by atoms with Crippen molar-refractivity contribution in [2.24, 2.45) is 46.6 Å². The number of aromatic nitrogens is 1. The van der Waals surface area contributed by atoms with Crippen LogP contribution in [-0.4, -0.2) is 210 Å². The molecule has 11 amide bonds. The molecule has 1 fully saturated rings. The van der Waals surface area contributed by atoms with Gasteiger partial charge < -0.3 is 107 Å². The SMILES string of the molecule is CC[C@H](C)[C@H](NC(=O)[C@H](Cc1c[nH]c2ccccc12)NC(=O)[C@H](CCCCN)NC(=O)[C@H](CO)NC(=O)[C@H](CC(C)C)NC(=O)[C@H](C)N)C(=O)NCC(=O)Oc1ccc(C(=O)[C@@H](NC(=O)[C@H](CCCCN)NC(=O)[C@H](CC(C)C)NC(=O)[C@H](CC(C)C)NC(=O)[C@H](CCCCN)NC(=O)[C@@H]2CCCN2)[C@@H](C)O)cc1. The summed E-state index contributed by atoms with van der Waals surface area (Å²) in [5.41, 5.74) is 24.4. The molecule has 14 atom stereocenters. The van der Waals surface area contributed by atoms with Crippen LogP contribution in [-0.2, 0) is 64.0 Å². The van der Waals surface area contributed by atoms with Crippen molar-refractivity contribution in [2.75, 3.05) is 39.3 Å². The van der Waals surface area contributed by atoms with Crippen molar-refractivity contribution in [3.8, 4) is 5.75 Å². The lowest BCUT2D eigenvalue weighted by Gasteiger charge is -2.29. The number of nitrogens with one attached hydrogen (secondary N) is 13. The van der Waals surface area contributed by atoms with Crippen molar-refractivity contribution in [1.29, 1.82) is 0 Å². The number of aliphatic hydroxyl groups excluding tert-OH is 2. The number of benzene rings is 2. The Labute approximate surface area is 639 Å². The van der Waals surface area contributed by atoms with Gasteiger partial charge in [-0.25, -0.2) is 4.79 Å². The fraction of sp³-hybridized carbons (Fsp3) is 0.645. The van der Waals surface area contributed by atoms with Gasteiger partial charge in [0.15, 0.2) is 5.78 Å². The Morgan fingerprint density at radius 2 is 0.945 bits per heavy atom. The average molecular weight is 1530 g/mol. The number of ether oxygens (including phenoxy) is 1. The van der Waals surface area contributed by atoms with Crippen LogP contribution in [0.4, 0.5) is 0 Å². The number of rotatable bonds is 50. The van der Waals surface area contributed by atoms with Crippen molar-refractivity contribution in [2.45, 2.75) is 251 Å². The molecule has 109 heavy (non-hydrogen) atoms. The molecule has 2 aromatic carbocycles. The largest absolute Gasteiger partial charge is 0.425 e. The van der Waals surface area contributed by atoms with E-state index in [0.717, 1.165) is 17.3 Å². The lowest BCUT2D eigenvalue weighted by molar-refractivity contribution is -0.137. The van der Waals surface area contributed by atoms with Crippen LogP contribution in [0.5, 0.6) is 5.75 Å². The van der Waals surface area contributed by atoms with Gasteiger partial charge in [-0.2, -0.15) is 0 Å². The molecule has 1 aromatic heterocycles. The molecule has 23 N–H and O–H groups in total. The van der Waals surface area contributed by atoms with Gasteiger partial charge in [0.05, 0.1) is 24.8 Å². The summed E-state index contributed by atoms with van der Waals surface area (Å²) in [6.07, 6.45) is 5.30. The van der Waals surface area contributed by atoms with Crippen LogP contribution in [0.3, 0.4) is 0 Å². The highest BCUT2D eigenvalue weighted by Crippen LogP contribution is 2.22. The normalized spacial score (nSPS) is 16.4. The lowest BCUT2D eigenvalue weighted by atomic mass is 9.97. The van der Waals surface area contributed by atoms with Gasteiger partial charge in [0.1, 0.15) is 72.7 Å². The van der Waals surface area contributed by atoms with E-state index in [9.17, 15) is 72.5 Å². The van der Waals surface area contributed by atoms with Gasteiger partial charge in [-0.05, 0) is 189 Å². The predicted octanol–water partition coefficient (Wildman–Crippen LogP) is -0.493. The monoisotopic (exact) mass is 1530 g/mol. The maximum atomic E-state index is 14.7. The first-order valence-corrected chi connectivity index (χ1v) is 38.4. The number of nitrogens with two attached hydrogens (primary N) is 4. The third-order valence-corrected chi connectivity index (χ3v) is 18.7. The Morgan fingerprint density at radius 3 is 1.40 bits per heavy atom. The molecule has 0 bridgehead atoms. The van der Waals surface area contributed by atoms with E-state index in [0.29, 0.717) is 70.0 Å². The molecular weight excluding hydrogens is 1410 g/mol. The molecule has 608 valence electrons. The van der Waals surface area contributed by atoms with Crippen LogP contribution in [0.2, 0.25) is 0 Å². The molecule has 0 spiro atoms. The zero-order chi connectivity index (χ0) is 81.0. The van der Waals surface area contributed by atoms with Crippen LogP contribution in [0, 0.1) is 23.7 Å². The first kappa shape index (κ1) is 92.4. The summed E-state index contributed by atoms with van der Waals surface area (Å²) in [5, 5.41) is 54.8. The molecule has 1 aliphatic rings. The minimum atomic E-state index is -1.59. The van der Waals surface area contributed by atoms with E-state index >= 15 is 0 Å². The van der Waals surface area contributed by atoms with E-state index in [1.54, 1.807) is 26.1 Å². The van der Waals surface area contributed by atoms with Crippen molar-refractivity contribution in [3.05, 3.63) is 65.9 Å². The molecule has 33 heteroatoms. The van der Waals surface area contributed by atoms with Crippen LogP contribution in [0.15, 0.2) is 54.7 Å². The van der Waals surface area contributed by atoms with Gasteiger partial charge in [-0.1, -0.05) is 80.0 Å². The number of esters is 1. The minimum absolute atomic E-state index is 0.00411. The Hall–Kier alpha value is -8.99. The molecule has 0 unspecified atom stereocenters. The number of Topliss-reactive ketones (excluding diaryl/α,β-unsaturated/α-hetero) is 1. The summed E-state index contributed by atoms with van der Waals surface area (Å²) >= 11 is 0. The summed E-state index contributed by atoms with van der Waals surface area (Å²) < 4.78 is 5.52. The van der Waals surface area contributed by atoms with E-state index in [4.69, 9.17) is 27.7 Å². The fourth-order valence-corrected chi connectivity index (χ4v) is 12.4. The lowest BCUT2D eigenvalue weighted by Crippen LogP contribution is -2.60. The molecule has 2 heterocycles. The van der Waals surface area contributed by atoms with Crippen molar-refractivity contribution >= 4 is 87.6 Å². The maximum Gasteiger partial charge on any atom is 0.330 e. The van der Waals surface area contributed by atoms with E-state index in [1.165, 1.54) is 38.1 Å². The number of carbonyl (C=O) groups excluding carboxylic acids is 13. The number of aromatic amines is 1. The zero-order valence-electron chi connectivity index (χ0n) is 65.0. The molecule has 0 aliphatic carbocycles. The fourth-order valence-electron chi connectivity index (χ4n) is 12.4. The summed E-state index contributed by atoms with van der Waals surface area (Å²) in [7, 11) is 0. The van der Waals surface area contributed by atoms with E-state index in [2.05, 4.69) is 68.8 Å². The molecule has 4 rings (SSSR count). The van der Waals surface area contributed by atoms with Gasteiger partial charge in [-0.15, -0.1) is 0 Å². The summed E-state index contributed by atoms with van der Waals surface area (Å²) in [5.74, 6) is -10.6. The average Bonchev–Trinajstić information content (AvgIpc) is 1.78. The van der Waals surface area contributed by atoms with Crippen molar-refractivity contribution in [1.82, 2.24) is 68.8 Å². The minimum Gasteiger partial charge on any atom is -0.425 e. The number of fused-ring (bicyclic) bond motifs is 1. The second-order valence-electron chi connectivity index (χ2n) is 29.6. The van der Waals surface area contributed by atoms with Gasteiger partial charge >= 0.3 is 5.97 Å². The highest BCUT2D eigenvalue weighted by molar-refractivity contribution is 6.04. The van der Waals surface area contributed by atoms with Crippen LogP contribution < -0.4 is 91.5 Å². The Kier molecular flexibility index (Phi) is 40.5. The number of unbranched alkanes of at least 4 members (excludes halogenated alkanes) is 3. The number of para-hydroxylation sites is 1. The number of amides is 11. The van der Waals surface area contributed by atoms with Crippen molar-refractivity contribution in [3.63, 3.8) is 0 Å². The first-order valence-electron chi connectivity index (χ1n) is 38.4. The Bertz CT molecular complexity index is 3450. The molecule has 0 radical (unpaired) electrons. The number of aliphatic hydroxyl groups is 2. The summed E-state index contributed by atoms with van der Waals surface area (Å²) in [6, 6.07) is -2.00. The van der Waals surface area contributed by atoms with Crippen LogP contribution in [0.25, 0.3) is 10.9 Å². The Balaban J connectivity index is 1.49. The second-order valence-corrected chi connectivity index (χ2v) is 29.6. The maximum absolute atomic E-state index is 14.7. The summed E-state index contributed by atoms with van der Waals surface area (Å²) in [6.45, 7) is 17.2. The number of hydrogen-bond acceptors (Lipinski definition) is 21. The van der Waals surface area contributed by atoms with Crippen molar-refractivity contribution < 1.29 is 77.3 Å².